The molecule has 0 aliphatic heterocycles. The number of ether oxygens (including phenoxy) is 1. The van der Waals surface area contributed by atoms with Crippen molar-refractivity contribution in [2.24, 2.45) is 4.99 Å². The fourth-order valence-electron chi connectivity index (χ4n) is 2.50. The van der Waals surface area contributed by atoms with Gasteiger partial charge in [0.25, 0.3) is 5.91 Å². The molecule has 0 spiro atoms. The molecule has 3 rings (SSSR count). The molecule has 0 saturated heterocycles. The summed E-state index contributed by atoms with van der Waals surface area (Å²) in [5.41, 5.74) is 3.51. The second-order valence-corrected chi connectivity index (χ2v) is 7.80. The van der Waals surface area contributed by atoms with Gasteiger partial charge >= 0.3 is 5.97 Å². The van der Waals surface area contributed by atoms with Gasteiger partial charge in [-0.15, -0.1) is 0 Å². The van der Waals surface area contributed by atoms with Crippen LogP contribution in [0.1, 0.15) is 21.5 Å². The van der Waals surface area contributed by atoms with E-state index in [-0.39, 0.29) is 12.5 Å². The third-order valence-electron chi connectivity index (χ3n) is 4.11. The van der Waals surface area contributed by atoms with Gasteiger partial charge in [0.1, 0.15) is 6.54 Å². The maximum atomic E-state index is 12.6. The number of aryl methyl sites for hydroxylation is 2. The number of carbonyl (C=O) groups is 2. The summed E-state index contributed by atoms with van der Waals surface area (Å²) in [5, 5.41) is 0. The Morgan fingerprint density at radius 3 is 2.62 bits per heavy atom. The standard InChI is InChI=1S/C19H17BrN2O3S/c1-11-4-5-13(8-12(11)2)18(24)21-19-22(10-17(23)25-3)15-7-6-14(20)9-16(15)26-19/h4-9H,10H2,1-3H3. The molecule has 0 aliphatic carbocycles. The second-order valence-electron chi connectivity index (χ2n) is 5.87. The second kappa shape index (κ2) is 7.55. The number of hydrogen-bond donors (Lipinski definition) is 0. The van der Waals surface area contributed by atoms with Gasteiger partial charge in [-0.2, -0.15) is 4.99 Å². The molecule has 0 atom stereocenters. The zero-order valence-corrected chi connectivity index (χ0v) is 17.0. The summed E-state index contributed by atoms with van der Waals surface area (Å²) in [6.45, 7) is 3.95. The molecule has 26 heavy (non-hydrogen) atoms. The lowest BCUT2D eigenvalue weighted by molar-refractivity contribution is -0.141. The van der Waals surface area contributed by atoms with E-state index < -0.39 is 5.97 Å². The van der Waals surface area contributed by atoms with Crippen molar-refractivity contribution >= 4 is 49.4 Å². The quantitative estimate of drug-likeness (QED) is 0.587. The minimum Gasteiger partial charge on any atom is -0.468 e. The van der Waals surface area contributed by atoms with E-state index in [1.54, 1.807) is 10.6 Å². The highest BCUT2D eigenvalue weighted by Crippen LogP contribution is 2.22. The summed E-state index contributed by atoms with van der Waals surface area (Å²) in [5.74, 6) is -0.731. The van der Waals surface area contributed by atoms with Gasteiger partial charge in [0, 0.05) is 10.0 Å². The molecule has 7 heteroatoms. The highest BCUT2D eigenvalue weighted by atomic mass is 79.9. The molecule has 3 aromatic rings. The Labute approximate surface area is 163 Å². The predicted octanol–water partition coefficient (Wildman–Crippen LogP) is 4.00. The number of halogens is 1. The van der Waals surface area contributed by atoms with Crippen LogP contribution in [-0.4, -0.2) is 23.6 Å². The molecule has 5 nitrogen and oxygen atoms in total. The summed E-state index contributed by atoms with van der Waals surface area (Å²) in [4.78, 5) is 29.2. The number of rotatable bonds is 3. The molecule has 0 radical (unpaired) electrons. The Kier molecular flexibility index (Phi) is 5.38. The number of fused-ring (bicyclic) bond motifs is 1. The van der Waals surface area contributed by atoms with Crippen LogP contribution in [0, 0.1) is 13.8 Å². The van der Waals surface area contributed by atoms with E-state index in [0.29, 0.717) is 10.4 Å². The molecule has 1 aromatic heterocycles. The topological polar surface area (TPSA) is 60.7 Å². The predicted molar refractivity (Wildman–Crippen MR) is 105 cm³/mol. The first-order valence-electron chi connectivity index (χ1n) is 7.91. The van der Waals surface area contributed by atoms with Crippen LogP contribution in [-0.2, 0) is 16.1 Å². The summed E-state index contributed by atoms with van der Waals surface area (Å²) in [7, 11) is 1.34. The normalized spacial score (nSPS) is 11.8. The van der Waals surface area contributed by atoms with Gasteiger partial charge in [-0.25, -0.2) is 0 Å². The molecule has 0 fully saturated rings. The van der Waals surface area contributed by atoms with Crippen molar-refractivity contribution in [3.8, 4) is 0 Å². The van der Waals surface area contributed by atoms with Crippen molar-refractivity contribution in [1.82, 2.24) is 4.57 Å². The van der Waals surface area contributed by atoms with Crippen LogP contribution in [0.15, 0.2) is 45.9 Å². The van der Waals surface area contributed by atoms with Crippen LogP contribution in [0.4, 0.5) is 0 Å². The monoisotopic (exact) mass is 432 g/mol. The van der Waals surface area contributed by atoms with E-state index in [2.05, 4.69) is 20.9 Å². The third-order valence-corrected chi connectivity index (χ3v) is 5.65. The van der Waals surface area contributed by atoms with Gasteiger partial charge in [-0.3, -0.25) is 9.59 Å². The minimum atomic E-state index is -0.396. The summed E-state index contributed by atoms with van der Waals surface area (Å²) in [6.07, 6.45) is 0. The van der Waals surface area contributed by atoms with E-state index in [4.69, 9.17) is 4.74 Å². The lowest BCUT2D eigenvalue weighted by atomic mass is 10.1. The zero-order chi connectivity index (χ0) is 18.8. The Balaban J connectivity index is 2.13. The molecule has 134 valence electrons. The lowest BCUT2D eigenvalue weighted by Gasteiger charge is -2.04. The number of benzene rings is 2. The molecule has 0 aliphatic rings. The van der Waals surface area contributed by atoms with Crippen LogP contribution >= 0.6 is 27.3 Å². The fraction of sp³-hybridized carbons (Fsp3) is 0.211. The van der Waals surface area contributed by atoms with Gasteiger partial charge in [-0.1, -0.05) is 33.3 Å². The molecule has 0 bridgehead atoms. The largest absolute Gasteiger partial charge is 0.468 e. The number of nitrogens with zero attached hydrogens (tertiary/aromatic N) is 2. The Morgan fingerprint density at radius 2 is 1.92 bits per heavy atom. The van der Waals surface area contributed by atoms with Crippen molar-refractivity contribution in [3.63, 3.8) is 0 Å². The van der Waals surface area contributed by atoms with E-state index in [9.17, 15) is 9.59 Å². The number of hydrogen-bond acceptors (Lipinski definition) is 4. The maximum absolute atomic E-state index is 12.6. The highest BCUT2D eigenvalue weighted by Gasteiger charge is 2.13. The van der Waals surface area contributed by atoms with Crippen LogP contribution in [0.5, 0.6) is 0 Å². The van der Waals surface area contributed by atoms with E-state index in [1.165, 1.54) is 18.4 Å². The van der Waals surface area contributed by atoms with Gasteiger partial charge in [0.15, 0.2) is 4.80 Å². The van der Waals surface area contributed by atoms with Gasteiger partial charge in [0.05, 0.1) is 17.3 Å². The third kappa shape index (κ3) is 3.78. The van der Waals surface area contributed by atoms with Crippen molar-refractivity contribution in [2.75, 3.05) is 7.11 Å². The molecule has 1 amide bonds. The SMILES string of the molecule is COC(=O)Cn1c(=NC(=O)c2ccc(C)c(C)c2)sc2cc(Br)ccc21. The number of thiazole rings is 1. The first-order chi connectivity index (χ1) is 12.4. The van der Waals surface area contributed by atoms with Gasteiger partial charge < -0.3 is 9.30 Å². The number of esters is 1. The summed E-state index contributed by atoms with van der Waals surface area (Å²) in [6, 6.07) is 11.2. The van der Waals surface area contributed by atoms with Crippen molar-refractivity contribution in [1.29, 1.82) is 0 Å². The molecule has 2 aromatic carbocycles. The average Bonchev–Trinajstić information content (AvgIpc) is 2.93. The number of aromatic nitrogens is 1. The van der Waals surface area contributed by atoms with Crippen LogP contribution in [0.3, 0.4) is 0 Å². The first-order valence-corrected chi connectivity index (χ1v) is 9.52. The van der Waals surface area contributed by atoms with Crippen molar-refractivity contribution in [3.05, 3.63) is 62.4 Å². The number of amides is 1. The molecule has 0 unspecified atom stereocenters. The lowest BCUT2D eigenvalue weighted by Crippen LogP contribution is -2.22. The Hall–Kier alpha value is -2.25. The summed E-state index contributed by atoms with van der Waals surface area (Å²) >= 11 is 4.80. The smallest absolute Gasteiger partial charge is 0.325 e. The Morgan fingerprint density at radius 1 is 1.15 bits per heavy atom. The molecular weight excluding hydrogens is 416 g/mol. The molecule has 0 N–H and O–H groups in total. The number of carbonyl (C=O) groups excluding carboxylic acids is 2. The summed E-state index contributed by atoms with van der Waals surface area (Å²) < 4.78 is 8.33. The highest BCUT2D eigenvalue weighted by molar-refractivity contribution is 9.10. The molecular formula is C19H17BrN2O3S. The zero-order valence-electron chi connectivity index (χ0n) is 14.6. The van der Waals surface area contributed by atoms with Crippen molar-refractivity contribution < 1.29 is 14.3 Å². The first kappa shape index (κ1) is 18.5. The van der Waals surface area contributed by atoms with Crippen molar-refractivity contribution in [2.45, 2.75) is 20.4 Å². The van der Waals surface area contributed by atoms with Crippen LogP contribution < -0.4 is 4.80 Å². The fourth-order valence-corrected chi connectivity index (χ4v) is 4.08. The van der Waals surface area contributed by atoms with Gasteiger partial charge in [-0.05, 0) is 55.3 Å². The maximum Gasteiger partial charge on any atom is 0.325 e. The molecule has 1 heterocycles. The molecule has 0 saturated carbocycles. The van der Waals surface area contributed by atoms with E-state index in [1.807, 2.05) is 44.2 Å². The average molecular weight is 433 g/mol. The van der Waals surface area contributed by atoms with E-state index >= 15 is 0 Å². The van der Waals surface area contributed by atoms with Gasteiger partial charge in [0.2, 0.25) is 0 Å². The minimum absolute atomic E-state index is 0.00281. The van der Waals surface area contributed by atoms with E-state index in [0.717, 1.165) is 25.8 Å². The number of methoxy groups -OCH3 is 1. The van der Waals surface area contributed by atoms with Crippen LogP contribution in [0.2, 0.25) is 0 Å². The Bertz CT molecular complexity index is 1080. The van der Waals surface area contributed by atoms with Crippen LogP contribution in [0.25, 0.3) is 10.2 Å².